The van der Waals surface area contributed by atoms with Crippen molar-refractivity contribution < 1.29 is 13.9 Å². The van der Waals surface area contributed by atoms with E-state index >= 15 is 0 Å². The van der Waals surface area contributed by atoms with Crippen molar-refractivity contribution in [1.29, 1.82) is 0 Å². The predicted octanol–water partition coefficient (Wildman–Crippen LogP) is 1.24. The van der Waals surface area contributed by atoms with Crippen molar-refractivity contribution in [2.75, 3.05) is 6.54 Å². The van der Waals surface area contributed by atoms with Crippen molar-refractivity contribution in [1.82, 2.24) is 4.90 Å². The smallest absolute Gasteiger partial charge is 0.268 e. The lowest BCUT2D eigenvalue weighted by Gasteiger charge is -2.22. The van der Waals surface area contributed by atoms with Crippen LogP contribution in [0.1, 0.15) is 26.2 Å². The zero-order valence-electron chi connectivity index (χ0n) is 7.71. The Balaban J connectivity index is 2.04. The molecule has 1 saturated heterocycles. The molecule has 2 atom stereocenters. The maximum atomic E-state index is 12.5. The Bertz CT molecular complexity index is 208. The molecule has 76 valence electrons. The summed E-state index contributed by atoms with van der Waals surface area (Å²) < 4.78 is 25.0. The molecule has 0 aromatic rings. The number of aliphatic hydroxyl groups is 1. The fourth-order valence-electron chi connectivity index (χ4n) is 2.22. The zero-order valence-corrected chi connectivity index (χ0v) is 7.71. The van der Waals surface area contributed by atoms with Gasteiger partial charge in [-0.15, -0.1) is 0 Å². The van der Waals surface area contributed by atoms with Gasteiger partial charge in [0.2, 0.25) is 0 Å². The Morgan fingerprint density at radius 1 is 1.46 bits per heavy atom. The van der Waals surface area contributed by atoms with Crippen LogP contribution in [0.4, 0.5) is 8.78 Å². The first-order valence-corrected chi connectivity index (χ1v) is 4.79. The summed E-state index contributed by atoms with van der Waals surface area (Å²) >= 11 is 0. The normalized spacial score (nSPS) is 41.8. The van der Waals surface area contributed by atoms with E-state index < -0.39 is 12.0 Å². The number of nitrogens with zero attached hydrogens (tertiary/aromatic N) is 1. The molecule has 2 unspecified atom stereocenters. The van der Waals surface area contributed by atoms with Gasteiger partial charge in [-0.1, -0.05) is 0 Å². The van der Waals surface area contributed by atoms with Crippen LogP contribution < -0.4 is 0 Å². The minimum absolute atomic E-state index is 0.103. The summed E-state index contributed by atoms with van der Waals surface area (Å²) in [6.07, 6.45) is -0.201. The third kappa shape index (κ3) is 1.57. The summed E-state index contributed by atoms with van der Waals surface area (Å²) in [4.78, 5) is 2.02. The number of β-amino-alcohol motifs (C(OH)–C–C–N with tert-alkyl or cyclic N) is 1. The van der Waals surface area contributed by atoms with Crippen LogP contribution in [0.2, 0.25) is 0 Å². The molecule has 0 bridgehead atoms. The van der Waals surface area contributed by atoms with E-state index in [4.69, 9.17) is 0 Å². The van der Waals surface area contributed by atoms with Gasteiger partial charge >= 0.3 is 0 Å². The van der Waals surface area contributed by atoms with Crippen LogP contribution in [0.5, 0.6) is 0 Å². The molecular formula is C9H15F2NO. The summed E-state index contributed by atoms with van der Waals surface area (Å²) in [5.74, 6) is 0. The molecule has 0 radical (unpaired) electrons. The van der Waals surface area contributed by atoms with Crippen LogP contribution in [0, 0.1) is 0 Å². The van der Waals surface area contributed by atoms with E-state index in [2.05, 4.69) is 0 Å². The van der Waals surface area contributed by atoms with Crippen LogP contribution in [0.3, 0.4) is 0 Å². The van der Waals surface area contributed by atoms with E-state index in [9.17, 15) is 13.9 Å². The maximum Gasteiger partial charge on any atom is 0.268 e. The van der Waals surface area contributed by atoms with Crippen molar-refractivity contribution in [2.24, 2.45) is 0 Å². The van der Waals surface area contributed by atoms with Crippen LogP contribution >= 0.6 is 0 Å². The summed E-state index contributed by atoms with van der Waals surface area (Å²) in [5, 5.41) is 9.59. The van der Waals surface area contributed by atoms with Crippen LogP contribution in [0.15, 0.2) is 0 Å². The molecule has 1 N–H and O–H groups in total. The Morgan fingerprint density at radius 2 is 2.08 bits per heavy atom. The minimum Gasteiger partial charge on any atom is -0.383 e. The lowest BCUT2D eigenvalue weighted by molar-refractivity contribution is -0.0875. The van der Waals surface area contributed by atoms with E-state index in [0.29, 0.717) is 6.04 Å². The van der Waals surface area contributed by atoms with Crippen molar-refractivity contribution in [3.05, 3.63) is 0 Å². The highest BCUT2D eigenvalue weighted by molar-refractivity contribution is 5.01. The number of hydrogen-bond donors (Lipinski definition) is 1. The van der Waals surface area contributed by atoms with Crippen LogP contribution in [0.25, 0.3) is 0 Å². The highest BCUT2D eigenvalue weighted by Gasteiger charge is 2.50. The van der Waals surface area contributed by atoms with Gasteiger partial charge < -0.3 is 5.11 Å². The molecule has 13 heavy (non-hydrogen) atoms. The molecule has 2 nitrogen and oxygen atoms in total. The average molecular weight is 191 g/mol. The van der Waals surface area contributed by atoms with E-state index in [1.54, 1.807) is 0 Å². The lowest BCUT2D eigenvalue weighted by atomic mass is 10.0. The third-order valence-electron chi connectivity index (χ3n) is 3.09. The van der Waals surface area contributed by atoms with Gasteiger partial charge in [0.1, 0.15) is 5.60 Å². The van der Waals surface area contributed by atoms with E-state index in [0.717, 1.165) is 12.8 Å². The zero-order chi connectivity index (χ0) is 9.64. The molecule has 0 spiro atoms. The molecule has 1 aliphatic carbocycles. The van der Waals surface area contributed by atoms with E-state index in [-0.39, 0.29) is 19.0 Å². The summed E-state index contributed by atoms with van der Waals surface area (Å²) in [6.45, 7) is 2.06. The second-order valence-corrected chi connectivity index (χ2v) is 4.36. The molecule has 2 rings (SSSR count). The molecule has 2 aliphatic rings. The topological polar surface area (TPSA) is 23.5 Å². The number of halogens is 2. The molecule has 4 heteroatoms. The van der Waals surface area contributed by atoms with Crippen molar-refractivity contribution in [2.45, 2.75) is 50.3 Å². The van der Waals surface area contributed by atoms with E-state index in [1.165, 1.54) is 0 Å². The second-order valence-electron chi connectivity index (χ2n) is 4.36. The Morgan fingerprint density at radius 3 is 2.46 bits per heavy atom. The monoisotopic (exact) mass is 191 g/mol. The highest BCUT2D eigenvalue weighted by Crippen LogP contribution is 2.39. The summed E-state index contributed by atoms with van der Waals surface area (Å²) in [5.41, 5.74) is -1.75. The van der Waals surface area contributed by atoms with Crippen molar-refractivity contribution in [3.63, 3.8) is 0 Å². The van der Waals surface area contributed by atoms with Crippen LogP contribution in [-0.4, -0.2) is 40.7 Å². The van der Waals surface area contributed by atoms with Gasteiger partial charge in [0.05, 0.1) is 0 Å². The van der Waals surface area contributed by atoms with Gasteiger partial charge in [0, 0.05) is 18.6 Å². The Kier molecular flexibility index (Phi) is 2.07. The molecule has 1 heterocycles. The highest BCUT2D eigenvalue weighted by atomic mass is 19.3. The Hall–Kier alpha value is -0.220. The van der Waals surface area contributed by atoms with Gasteiger partial charge in [-0.2, -0.15) is 0 Å². The minimum atomic E-state index is -2.61. The number of rotatable bonds is 2. The summed E-state index contributed by atoms with van der Waals surface area (Å²) in [7, 11) is 0. The molecule has 0 aromatic carbocycles. The first kappa shape index (κ1) is 9.34. The standard InChI is InChI=1S/C9H15F2NO/c1-6-4-9(13,8(10)11)5-12(6)7-2-3-7/h6-8,13H,2-5H2,1H3. The number of likely N-dealkylation sites (tertiary alicyclic amines) is 1. The van der Waals surface area contributed by atoms with Gasteiger partial charge in [-0.3, -0.25) is 4.90 Å². The Labute approximate surface area is 76.5 Å². The maximum absolute atomic E-state index is 12.5. The van der Waals surface area contributed by atoms with Gasteiger partial charge in [0.25, 0.3) is 6.43 Å². The van der Waals surface area contributed by atoms with E-state index in [1.807, 2.05) is 11.8 Å². The fourth-order valence-corrected chi connectivity index (χ4v) is 2.22. The first-order valence-electron chi connectivity index (χ1n) is 4.79. The van der Waals surface area contributed by atoms with Gasteiger partial charge in [0.15, 0.2) is 0 Å². The second kappa shape index (κ2) is 2.89. The van der Waals surface area contributed by atoms with Crippen molar-refractivity contribution in [3.8, 4) is 0 Å². The lowest BCUT2D eigenvalue weighted by Crippen LogP contribution is -2.40. The average Bonchev–Trinajstić information content (AvgIpc) is 2.79. The molecule has 1 saturated carbocycles. The predicted molar refractivity (Wildman–Crippen MR) is 44.8 cm³/mol. The summed E-state index contributed by atoms with van der Waals surface area (Å²) in [6, 6.07) is 0.564. The SMILES string of the molecule is CC1CC(O)(C(F)F)CN1C1CC1. The third-order valence-corrected chi connectivity index (χ3v) is 3.09. The molecular weight excluding hydrogens is 176 g/mol. The molecule has 0 aromatic heterocycles. The van der Waals surface area contributed by atoms with Crippen LogP contribution in [-0.2, 0) is 0 Å². The number of hydrogen-bond acceptors (Lipinski definition) is 2. The van der Waals surface area contributed by atoms with Gasteiger partial charge in [-0.25, -0.2) is 8.78 Å². The largest absolute Gasteiger partial charge is 0.383 e. The van der Waals surface area contributed by atoms with Crippen molar-refractivity contribution >= 4 is 0 Å². The molecule has 0 amide bonds. The quantitative estimate of drug-likeness (QED) is 0.709. The molecule has 2 fully saturated rings. The first-order chi connectivity index (χ1) is 6.03. The number of alkyl halides is 2. The fraction of sp³-hybridized carbons (Fsp3) is 1.00. The molecule has 1 aliphatic heterocycles. The van der Waals surface area contributed by atoms with Gasteiger partial charge in [-0.05, 0) is 26.2 Å².